The normalized spacial score (nSPS) is 11.5. The Hall–Kier alpha value is -3.10. The Labute approximate surface area is 133 Å². The fourth-order valence-electron chi connectivity index (χ4n) is 2.04. The van der Waals surface area contributed by atoms with Crippen molar-refractivity contribution in [1.29, 1.82) is 0 Å². The van der Waals surface area contributed by atoms with Crippen LogP contribution in [0.25, 0.3) is 11.3 Å². The minimum absolute atomic E-state index is 0.290. The highest BCUT2D eigenvalue weighted by atomic mass is 19.4. The van der Waals surface area contributed by atoms with Gasteiger partial charge >= 0.3 is 11.9 Å². The van der Waals surface area contributed by atoms with E-state index in [1.807, 2.05) is 0 Å². The summed E-state index contributed by atoms with van der Waals surface area (Å²) < 4.78 is 37.5. The molecule has 0 fully saturated rings. The molecule has 0 spiro atoms. The highest BCUT2D eigenvalue weighted by molar-refractivity contribution is 5.56. The molecule has 1 aromatic carbocycles. The number of alkyl halides is 3. The summed E-state index contributed by atoms with van der Waals surface area (Å²) in [4.78, 5) is 24.3. The first-order valence-electron chi connectivity index (χ1n) is 6.92. The van der Waals surface area contributed by atoms with Gasteiger partial charge in [-0.3, -0.25) is 0 Å². The van der Waals surface area contributed by atoms with Crippen molar-refractivity contribution in [1.82, 2.24) is 19.9 Å². The van der Waals surface area contributed by atoms with E-state index < -0.39 is 11.7 Å². The van der Waals surface area contributed by atoms with Crippen molar-refractivity contribution in [2.75, 3.05) is 5.32 Å². The smallest absolute Gasteiger partial charge is 0.350 e. The number of halogens is 3. The second-order valence-electron chi connectivity index (χ2n) is 5.00. The Morgan fingerprint density at radius 2 is 1.75 bits per heavy atom. The fraction of sp³-hybridized carbons (Fsp3) is 0.133. The Bertz CT molecular complexity index is 866. The summed E-state index contributed by atoms with van der Waals surface area (Å²) in [5.74, 6) is 0.330. The van der Waals surface area contributed by atoms with Crippen LogP contribution in [0.15, 0.2) is 47.7 Å². The molecule has 0 aliphatic carbocycles. The zero-order valence-corrected chi connectivity index (χ0v) is 12.2. The van der Waals surface area contributed by atoms with Crippen LogP contribution in [0.3, 0.4) is 0 Å². The summed E-state index contributed by atoms with van der Waals surface area (Å²) >= 11 is 0. The molecule has 9 heteroatoms. The van der Waals surface area contributed by atoms with E-state index in [4.69, 9.17) is 0 Å². The summed E-state index contributed by atoms with van der Waals surface area (Å²) in [6, 6.07) is 4.86. The number of nitrogens with one attached hydrogen (secondary N) is 3. The first-order chi connectivity index (χ1) is 11.4. The van der Waals surface area contributed by atoms with Crippen LogP contribution in [0.2, 0.25) is 0 Å². The third-order valence-corrected chi connectivity index (χ3v) is 3.29. The molecule has 0 bridgehead atoms. The van der Waals surface area contributed by atoms with Crippen LogP contribution in [0.4, 0.5) is 19.1 Å². The summed E-state index contributed by atoms with van der Waals surface area (Å²) in [6.45, 7) is 0.290. The fourth-order valence-corrected chi connectivity index (χ4v) is 2.04. The van der Waals surface area contributed by atoms with Gasteiger partial charge < -0.3 is 15.3 Å². The molecule has 2 aromatic heterocycles. The molecular weight excluding hydrogens is 323 g/mol. The van der Waals surface area contributed by atoms with Gasteiger partial charge in [0.25, 0.3) is 0 Å². The highest BCUT2D eigenvalue weighted by Crippen LogP contribution is 2.29. The summed E-state index contributed by atoms with van der Waals surface area (Å²) in [6.07, 6.45) is 0.225. The lowest BCUT2D eigenvalue weighted by Gasteiger charge is -2.08. The van der Waals surface area contributed by atoms with Crippen LogP contribution < -0.4 is 11.0 Å². The maximum Gasteiger partial charge on any atom is 0.416 e. The average molecular weight is 335 g/mol. The maximum absolute atomic E-state index is 12.5. The van der Waals surface area contributed by atoms with E-state index in [1.54, 1.807) is 0 Å². The molecule has 0 unspecified atom stereocenters. The number of benzene rings is 1. The number of aromatic nitrogens is 4. The predicted molar refractivity (Wildman–Crippen MR) is 81.2 cm³/mol. The van der Waals surface area contributed by atoms with Crippen LogP contribution in [-0.2, 0) is 12.7 Å². The third-order valence-electron chi connectivity index (χ3n) is 3.29. The molecule has 0 saturated carbocycles. The number of hydrogen-bond donors (Lipinski definition) is 3. The van der Waals surface area contributed by atoms with E-state index >= 15 is 0 Å². The lowest BCUT2D eigenvalue weighted by Crippen LogP contribution is -2.06. The molecule has 0 aliphatic heterocycles. The van der Waals surface area contributed by atoms with Gasteiger partial charge in [-0.25, -0.2) is 14.8 Å². The molecule has 3 N–H and O–H groups in total. The number of rotatable bonds is 4. The molecule has 0 radical (unpaired) electrons. The summed E-state index contributed by atoms with van der Waals surface area (Å²) in [5, 5.41) is 2.92. The molecule has 3 rings (SSSR count). The maximum atomic E-state index is 12.5. The summed E-state index contributed by atoms with van der Waals surface area (Å²) in [5.41, 5.74) is 0.857. The van der Waals surface area contributed by atoms with Gasteiger partial charge in [0, 0.05) is 30.7 Å². The van der Waals surface area contributed by atoms with Crippen molar-refractivity contribution < 1.29 is 13.2 Å². The number of aromatic amines is 2. The van der Waals surface area contributed by atoms with E-state index in [1.165, 1.54) is 30.7 Å². The zero-order chi connectivity index (χ0) is 17.2. The van der Waals surface area contributed by atoms with E-state index in [0.29, 0.717) is 29.3 Å². The SMILES string of the molecule is O=c1[nH]cc(-c2cnc(NCc3ccc(C(F)(F)F)cc3)nc2)[nH]1. The van der Waals surface area contributed by atoms with Gasteiger partial charge in [-0.05, 0) is 17.7 Å². The van der Waals surface area contributed by atoms with Crippen molar-refractivity contribution in [3.05, 3.63) is 64.5 Å². The number of imidazole rings is 1. The Morgan fingerprint density at radius 1 is 1.08 bits per heavy atom. The Balaban J connectivity index is 1.63. The van der Waals surface area contributed by atoms with Crippen LogP contribution in [0, 0.1) is 0 Å². The Kier molecular flexibility index (Phi) is 4.07. The molecule has 0 saturated heterocycles. The lowest BCUT2D eigenvalue weighted by atomic mass is 10.1. The van der Waals surface area contributed by atoms with Gasteiger partial charge in [-0.2, -0.15) is 13.2 Å². The van der Waals surface area contributed by atoms with E-state index in [-0.39, 0.29) is 5.69 Å². The van der Waals surface area contributed by atoms with Gasteiger partial charge in [-0.15, -0.1) is 0 Å². The van der Waals surface area contributed by atoms with Gasteiger partial charge in [0.2, 0.25) is 5.95 Å². The average Bonchev–Trinajstić information content (AvgIpc) is 2.99. The van der Waals surface area contributed by atoms with E-state index in [2.05, 4.69) is 25.3 Å². The number of nitrogens with zero attached hydrogens (tertiary/aromatic N) is 2. The number of anilines is 1. The second kappa shape index (κ2) is 6.19. The quantitative estimate of drug-likeness (QED) is 0.684. The van der Waals surface area contributed by atoms with Crippen LogP contribution in [-0.4, -0.2) is 19.9 Å². The zero-order valence-electron chi connectivity index (χ0n) is 12.2. The number of hydrogen-bond acceptors (Lipinski definition) is 4. The minimum Gasteiger partial charge on any atom is -0.350 e. The monoisotopic (exact) mass is 335 g/mol. The van der Waals surface area contributed by atoms with Crippen molar-refractivity contribution >= 4 is 5.95 Å². The first kappa shape index (κ1) is 15.8. The summed E-state index contributed by atoms with van der Waals surface area (Å²) in [7, 11) is 0. The van der Waals surface area contributed by atoms with Crippen molar-refractivity contribution in [2.45, 2.75) is 12.7 Å². The topological polar surface area (TPSA) is 86.5 Å². The second-order valence-corrected chi connectivity index (χ2v) is 5.00. The standard InChI is InChI=1S/C15H12F3N5O/c16-15(17,18)11-3-1-9(2-4-11)5-19-13-20-6-10(7-21-13)12-8-22-14(24)23-12/h1-4,6-8H,5H2,(H,19,20,21)(H2,22,23,24). The molecule has 3 aromatic rings. The molecule has 124 valence electrons. The van der Waals surface area contributed by atoms with E-state index in [9.17, 15) is 18.0 Å². The van der Waals surface area contributed by atoms with E-state index in [0.717, 1.165) is 12.1 Å². The van der Waals surface area contributed by atoms with Crippen LogP contribution >= 0.6 is 0 Å². The molecule has 0 atom stereocenters. The molecular formula is C15H12F3N5O. The first-order valence-corrected chi connectivity index (χ1v) is 6.92. The van der Waals surface area contributed by atoms with Gasteiger partial charge in [-0.1, -0.05) is 12.1 Å². The number of H-pyrrole nitrogens is 2. The molecule has 6 nitrogen and oxygen atoms in total. The van der Waals surface area contributed by atoms with Crippen LogP contribution in [0.1, 0.15) is 11.1 Å². The third kappa shape index (κ3) is 3.62. The van der Waals surface area contributed by atoms with Gasteiger partial charge in [0.15, 0.2) is 0 Å². The Morgan fingerprint density at radius 3 is 2.29 bits per heavy atom. The molecule has 0 aliphatic rings. The van der Waals surface area contributed by atoms with Gasteiger partial charge in [0.05, 0.1) is 11.3 Å². The molecule has 24 heavy (non-hydrogen) atoms. The predicted octanol–water partition coefficient (Wildman–Crippen LogP) is 2.79. The highest BCUT2D eigenvalue weighted by Gasteiger charge is 2.29. The van der Waals surface area contributed by atoms with Crippen molar-refractivity contribution in [3.63, 3.8) is 0 Å². The largest absolute Gasteiger partial charge is 0.416 e. The van der Waals surface area contributed by atoms with Crippen molar-refractivity contribution in [2.24, 2.45) is 0 Å². The molecule has 0 amide bonds. The van der Waals surface area contributed by atoms with Gasteiger partial charge in [0.1, 0.15) is 0 Å². The lowest BCUT2D eigenvalue weighted by molar-refractivity contribution is -0.137. The van der Waals surface area contributed by atoms with Crippen molar-refractivity contribution in [3.8, 4) is 11.3 Å². The minimum atomic E-state index is -4.34. The van der Waals surface area contributed by atoms with Crippen LogP contribution in [0.5, 0.6) is 0 Å². The molecule has 2 heterocycles.